The van der Waals surface area contributed by atoms with Gasteiger partial charge in [0.25, 0.3) is 15.9 Å². The molecule has 2 fully saturated rings. The highest BCUT2D eigenvalue weighted by Crippen LogP contribution is 2.45. The molecule has 2 aromatic heterocycles. The topological polar surface area (TPSA) is 159 Å². The first-order chi connectivity index (χ1) is 23.9. The number of likely N-dealkylation sites (tertiary alicyclic amines) is 1. The van der Waals surface area contributed by atoms with Crippen LogP contribution in [0.5, 0.6) is 0 Å². The van der Waals surface area contributed by atoms with E-state index in [0.717, 1.165) is 16.7 Å². The minimum atomic E-state index is -4.38. The zero-order valence-electron chi connectivity index (χ0n) is 26.9. The van der Waals surface area contributed by atoms with E-state index in [0.29, 0.717) is 31.4 Å². The minimum Gasteiger partial charge on any atom is -0.481 e. The van der Waals surface area contributed by atoms with Gasteiger partial charge in [0, 0.05) is 54.1 Å². The zero-order chi connectivity index (χ0) is 35.4. The highest BCUT2D eigenvalue weighted by molar-refractivity contribution is 7.89. The van der Waals surface area contributed by atoms with Crippen LogP contribution in [-0.4, -0.2) is 85.7 Å². The number of hydrogen-bond donors (Lipinski definition) is 1. The van der Waals surface area contributed by atoms with E-state index in [9.17, 15) is 27.9 Å². The van der Waals surface area contributed by atoms with E-state index in [2.05, 4.69) is 15.0 Å². The fourth-order valence-corrected chi connectivity index (χ4v) is 9.58. The third-order valence-electron chi connectivity index (χ3n) is 9.79. The van der Waals surface area contributed by atoms with Crippen molar-refractivity contribution in [1.29, 1.82) is 0 Å². The Kier molecular flexibility index (Phi) is 8.91. The lowest BCUT2D eigenvalue weighted by Gasteiger charge is -2.34. The molecule has 50 heavy (non-hydrogen) atoms. The Balaban J connectivity index is 1.26. The summed E-state index contributed by atoms with van der Waals surface area (Å²) in [6.07, 6.45) is 7.57. The molecule has 1 N–H and O–H groups in total. The SMILES string of the molecule is CC1(Cc2ccc(-c3cncnc3)cc2)C(=O)N(c2cc(Cl)cc(Cl)c2)c2ncc(S(=O)(=O)N3CCCC3C(=O)N3CCC(C(=O)O)CC3)n21. The van der Waals surface area contributed by atoms with Crippen molar-refractivity contribution >= 4 is 62.6 Å². The Morgan fingerprint density at radius 1 is 0.940 bits per heavy atom. The molecule has 3 aliphatic heterocycles. The normalized spacial score (nSPS) is 21.5. The van der Waals surface area contributed by atoms with E-state index < -0.39 is 39.4 Å². The second-order valence-electron chi connectivity index (χ2n) is 13.0. The second kappa shape index (κ2) is 13.1. The van der Waals surface area contributed by atoms with Crippen molar-refractivity contribution in [2.24, 2.45) is 5.92 Å². The molecular weight excluding hydrogens is 705 g/mol. The molecular formula is C34H33Cl2N7O6S. The largest absolute Gasteiger partial charge is 0.481 e. The highest BCUT2D eigenvalue weighted by Gasteiger charge is 2.53. The van der Waals surface area contributed by atoms with Crippen molar-refractivity contribution in [2.45, 2.75) is 55.6 Å². The number of fused-ring (bicyclic) bond motifs is 1. The Hall–Kier alpha value is -4.37. The van der Waals surface area contributed by atoms with Gasteiger partial charge in [0.1, 0.15) is 17.9 Å². The highest BCUT2D eigenvalue weighted by atomic mass is 35.5. The number of piperidine rings is 1. The quantitative estimate of drug-likeness (QED) is 0.269. The van der Waals surface area contributed by atoms with Crippen molar-refractivity contribution in [3.8, 4) is 11.1 Å². The fraction of sp³-hybridized carbons (Fsp3) is 0.353. The van der Waals surface area contributed by atoms with Crippen LogP contribution in [-0.2, 0) is 36.4 Å². The fourth-order valence-electron chi connectivity index (χ4n) is 7.23. The van der Waals surface area contributed by atoms with Crippen LogP contribution >= 0.6 is 23.2 Å². The summed E-state index contributed by atoms with van der Waals surface area (Å²) in [4.78, 5) is 55.3. The molecule has 3 aliphatic rings. The molecule has 2 aromatic carbocycles. The molecule has 7 rings (SSSR count). The Morgan fingerprint density at radius 3 is 2.24 bits per heavy atom. The molecule has 260 valence electrons. The van der Waals surface area contributed by atoms with Crippen molar-refractivity contribution < 1.29 is 27.9 Å². The lowest BCUT2D eigenvalue weighted by molar-refractivity contribution is -0.146. The maximum atomic E-state index is 14.6. The van der Waals surface area contributed by atoms with E-state index in [-0.39, 0.29) is 53.0 Å². The number of halogens is 2. The smallest absolute Gasteiger partial charge is 0.306 e. The number of sulfonamides is 1. The summed E-state index contributed by atoms with van der Waals surface area (Å²) < 4.78 is 31.9. The number of carbonyl (C=O) groups is 3. The summed E-state index contributed by atoms with van der Waals surface area (Å²) in [6, 6.07) is 11.2. The van der Waals surface area contributed by atoms with Crippen molar-refractivity contribution in [3.63, 3.8) is 0 Å². The monoisotopic (exact) mass is 737 g/mol. The molecule has 16 heteroatoms. The van der Waals surface area contributed by atoms with Gasteiger partial charge in [-0.2, -0.15) is 4.31 Å². The Labute approximate surface area is 298 Å². The van der Waals surface area contributed by atoms with Gasteiger partial charge in [-0.05, 0) is 61.9 Å². The van der Waals surface area contributed by atoms with Gasteiger partial charge in [0.2, 0.25) is 11.9 Å². The molecule has 2 saturated heterocycles. The van der Waals surface area contributed by atoms with Crippen LogP contribution in [0.3, 0.4) is 0 Å². The number of benzene rings is 2. The van der Waals surface area contributed by atoms with Crippen LogP contribution in [0.2, 0.25) is 10.0 Å². The number of carboxylic acids is 1. The molecule has 2 amide bonds. The van der Waals surface area contributed by atoms with E-state index >= 15 is 0 Å². The molecule has 0 spiro atoms. The van der Waals surface area contributed by atoms with E-state index in [1.165, 1.54) is 32.4 Å². The molecule has 0 bridgehead atoms. The third kappa shape index (κ3) is 5.93. The number of anilines is 2. The molecule has 2 unspecified atom stereocenters. The van der Waals surface area contributed by atoms with Gasteiger partial charge >= 0.3 is 5.97 Å². The van der Waals surface area contributed by atoms with Crippen molar-refractivity contribution in [1.82, 2.24) is 28.7 Å². The third-order valence-corrected chi connectivity index (χ3v) is 12.1. The molecule has 0 saturated carbocycles. The van der Waals surface area contributed by atoms with Crippen molar-refractivity contribution in [2.75, 3.05) is 24.5 Å². The summed E-state index contributed by atoms with van der Waals surface area (Å²) in [7, 11) is -4.38. The number of carbonyl (C=O) groups excluding carboxylic acids is 2. The maximum Gasteiger partial charge on any atom is 0.306 e. The Morgan fingerprint density at radius 2 is 1.60 bits per heavy atom. The van der Waals surface area contributed by atoms with Gasteiger partial charge in [0.05, 0.1) is 17.8 Å². The first-order valence-electron chi connectivity index (χ1n) is 16.1. The van der Waals surface area contributed by atoms with E-state index in [4.69, 9.17) is 23.2 Å². The van der Waals surface area contributed by atoms with Gasteiger partial charge in [-0.3, -0.25) is 19.0 Å². The number of aromatic nitrogens is 4. The number of imidazole rings is 1. The molecule has 0 radical (unpaired) electrons. The molecule has 13 nitrogen and oxygen atoms in total. The van der Waals surface area contributed by atoms with Crippen LogP contribution in [0, 0.1) is 5.92 Å². The molecule has 4 aromatic rings. The van der Waals surface area contributed by atoms with Crippen LogP contribution in [0.15, 0.2) is 72.4 Å². The van der Waals surface area contributed by atoms with Crippen LogP contribution in [0.4, 0.5) is 11.6 Å². The van der Waals surface area contributed by atoms with Gasteiger partial charge in [0.15, 0.2) is 5.03 Å². The number of rotatable bonds is 8. The predicted molar refractivity (Wildman–Crippen MR) is 185 cm³/mol. The van der Waals surface area contributed by atoms with Gasteiger partial charge in [-0.15, -0.1) is 0 Å². The number of amides is 2. The second-order valence-corrected chi connectivity index (χ2v) is 15.7. The molecule has 0 aliphatic carbocycles. The Bertz CT molecular complexity index is 2070. The standard InChI is InChI=1S/C34H33Cl2N7O6S/c1-34(16-21-4-6-22(7-5-21)24-17-37-20-38-18-24)32(47)42(27-14-25(35)13-26(36)15-27)33-39-19-29(43(33)34)50(48,49)41-10-2-3-28(41)30(44)40-11-8-23(9-12-40)31(45)46/h4-7,13-15,17-20,23,28H,2-3,8-12,16H2,1H3,(H,45,46). The summed E-state index contributed by atoms with van der Waals surface area (Å²) in [5.41, 5.74) is 1.30. The lowest BCUT2D eigenvalue weighted by atomic mass is 9.91. The average molecular weight is 739 g/mol. The average Bonchev–Trinajstić information content (AvgIpc) is 3.82. The molecule has 2 atom stereocenters. The number of aliphatic carboxylic acids is 1. The number of hydrogen-bond acceptors (Lipinski definition) is 8. The lowest BCUT2D eigenvalue weighted by Crippen LogP contribution is -2.51. The first kappa shape index (κ1) is 34.1. The summed E-state index contributed by atoms with van der Waals surface area (Å²) in [6.45, 7) is 2.25. The number of nitrogens with zero attached hydrogens (tertiary/aromatic N) is 7. The minimum absolute atomic E-state index is 0.0743. The summed E-state index contributed by atoms with van der Waals surface area (Å²) in [5, 5.41) is 9.74. The van der Waals surface area contributed by atoms with E-state index in [1.807, 2.05) is 24.3 Å². The summed E-state index contributed by atoms with van der Waals surface area (Å²) >= 11 is 12.7. The van der Waals surface area contributed by atoms with Gasteiger partial charge in [-0.25, -0.2) is 28.3 Å². The molecule has 5 heterocycles. The van der Waals surface area contributed by atoms with Crippen LogP contribution < -0.4 is 4.90 Å². The van der Waals surface area contributed by atoms with Crippen LogP contribution in [0.25, 0.3) is 11.1 Å². The summed E-state index contributed by atoms with van der Waals surface area (Å²) in [5.74, 6) is -2.15. The first-order valence-corrected chi connectivity index (χ1v) is 18.3. The van der Waals surface area contributed by atoms with Gasteiger partial charge in [-0.1, -0.05) is 47.5 Å². The zero-order valence-corrected chi connectivity index (χ0v) is 29.3. The number of carboxylic acid groups (broad SMARTS) is 1. The van der Waals surface area contributed by atoms with Crippen molar-refractivity contribution in [3.05, 3.63) is 83.0 Å². The maximum absolute atomic E-state index is 14.6. The van der Waals surface area contributed by atoms with Crippen LogP contribution in [0.1, 0.15) is 38.2 Å². The predicted octanol–water partition coefficient (Wildman–Crippen LogP) is 4.76. The van der Waals surface area contributed by atoms with Gasteiger partial charge < -0.3 is 10.0 Å². The van der Waals surface area contributed by atoms with E-state index in [1.54, 1.807) is 36.4 Å².